The molecule has 0 aliphatic carbocycles. The van der Waals surface area contributed by atoms with Gasteiger partial charge in [0.05, 0.1) is 6.10 Å². The van der Waals surface area contributed by atoms with Crippen molar-refractivity contribution in [2.24, 2.45) is 0 Å². The van der Waals surface area contributed by atoms with Gasteiger partial charge in [0, 0.05) is 18.7 Å². The first-order chi connectivity index (χ1) is 17.2. The van der Waals surface area contributed by atoms with Crippen molar-refractivity contribution < 1.29 is 60.7 Å². The number of hydrogen-bond donors (Lipinski definition) is 1. The summed E-state index contributed by atoms with van der Waals surface area (Å²) in [4.78, 5) is 25.6. The van der Waals surface area contributed by atoms with Crippen molar-refractivity contribution in [3.8, 4) is 0 Å². The number of aromatic nitrogens is 2. The molecule has 1 aromatic heterocycles. The summed E-state index contributed by atoms with van der Waals surface area (Å²) >= 11 is 0. The lowest BCUT2D eigenvalue weighted by Crippen LogP contribution is -2.56. The zero-order valence-electron chi connectivity index (χ0n) is 21.0. The van der Waals surface area contributed by atoms with Crippen LogP contribution in [0.3, 0.4) is 0 Å². The van der Waals surface area contributed by atoms with Crippen LogP contribution in [0.25, 0.3) is 0 Å². The lowest BCUT2D eigenvalue weighted by atomic mass is 9.99. The molecule has 0 amide bonds. The third kappa shape index (κ3) is 7.30. The highest BCUT2D eigenvalue weighted by atomic mass is 32.2. The van der Waals surface area contributed by atoms with Gasteiger partial charge in [-0.1, -0.05) is 20.8 Å². The zero-order chi connectivity index (χ0) is 30.5. The van der Waals surface area contributed by atoms with Gasteiger partial charge in [0.2, 0.25) is 0 Å². The highest BCUT2D eigenvalue weighted by Gasteiger charge is 2.58. The highest BCUT2D eigenvalue weighted by Crippen LogP contribution is 2.45. The third-order valence-corrected chi connectivity index (χ3v) is 12.7. The maximum absolute atomic E-state index is 13.0. The number of alkyl halides is 6. The largest absolute Gasteiger partial charge is 0.523 e. The lowest BCUT2D eigenvalue weighted by Gasteiger charge is -2.42. The average Bonchev–Trinajstić information content (AvgIpc) is 3.06. The van der Waals surface area contributed by atoms with Gasteiger partial charge in [0.1, 0.15) is 25.0 Å². The van der Waals surface area contributed by atoms with Gasteiger partial charge in [-0.3, -0.25) is 22.7 Å². The minimum Gasteiger partial charge on any atom is -0.411 e. The Labute approximate surface area is 219 Å². The Balaban J connectivity index is 2.68. The monoisotopic (exact) mass is 636 g/mol. The summed E-state index contributed by atoms with van der Waals surface area (Å²) in [5, 5.41) is -0.635. The van der Waals surface area contributed by atoms with Crippen LogP contribution >= 0.6 is 0 Å². The fourth-order valence-electron chi connectivity index (χ4n) is 3.09. The Bertz CT molecular complexity index is 1330. The average molecular weight is 637 g/mol. The number of H-pyrrole nitrogens is 1. The second kappa shape index (κ2) is 10.6. The smallest absolute Gasteiger partial charge is 0.411 e. The van der Waals surface area contributed by atoms with Gasteiger partial charge in [-0.15, -0.1) is 0 Å². The van der Waals surface area contributed by atoms with E-state index in [2.05, 4.69) is 8.37 Å². The SMILES string of the molecule is CC(C)(C)[Si](C)(C)O[C@H]1C[C@H](n2ccc(=O)[nH]c2=O)OC1(COS(=O)(=O)C(F)(F)F)COS(=O)(=O)C(F)(F)F. The van der Waals surface area contributed by atoms with E-state index in [-0.39, 0.29) is 0 Å². The highest BCUT2D eigenvalue weighted by molar-refractivity contribution is 7.87. The number of aromatic amines is 1. The quantitative estimate of drug-likeness (QED) is 0.184. The van der Waals surface area contributed by atoms with E-state index in [9.17, 15) is 52.8 Å². The van der Waals surface area contributed by atoms with E-state index in [1.54, 1.807) is 33.9 Å². The van der Waals surface area contributed by atoms with E-state index in [4.69, 9.17) is 9.16 Å². The molecule has 226 valence electrons. The molecular weight excluding hydrogens is 610 g/mol. The second-order valence-electron chi connectivity index (χ2n) is 10.1. The molecule has 0 unspecified atom stereocenters. The van der Waals surface area contributed by atoms with Crippen molar-refractivity contribution in [3.63, 3.8) is 0 Å². The lowest BCUT2D eigenvalue weighted by molar-refractivity contribution is -0.144. The number of halogens is 6. The van der Waals surface area contributed by atoms with Crippen LogP contribution in [0.5, 0.6) is 0 Å². The summed E-state index contributed by atoms with van der Waals surface area (Å²) in [7, 11) is -15.7. The van der Waals surface area contributed by atoms with E-state index < -0.39 is 93.4 Å². The van der Waals surface area contributed by atoms with Crippen molar-refractivity contribution in [2.75, 3.05) is 13.2 Å². The Morgan fingerprint density at radius 1 is 1.00 bits per heavy atom. The van der Waals surface area contributed by atoms with Crippen LogP contribution < -0.4 is 11.2 Å². The van der Waals surface area contributed by atoms with Gasteiger partial charge >= 0.3 is 36.9 Å². The molecular formula is C18H26F6N2O10S2Si. The summed E-state index contributed by atoms with van der Waals surface area (Å²) in [5.74, 6) is 0. The van der Waals surface area contributed by atoms with Gasteiger partial charge in [0.25, 0.3) is 5.56 Å². The summed E-state index contributed by atoms with van der Waals surface area (Å²) in [6.45, 7) is 4.98. The molecule has 21 heteroatoms. The van der Waals surface area contributed by atoms with E-state index >= 15 is 0 Å². The van der Waals surface area contributed by atoms with Crippen LogP contribution in [0, 0.1) is 0 Å². The molecule has 2 heterocycles. The van der Waals surface area contributed by atoms with E-state index in [0.29, 0.717) is 4.57 Å². The Morgan fingerprint density at radius 3 is 1.85 bits per heavy atom. The van der Waals surface area contributed by atoms with E-state index in [1.165, 1.54) is 0 Å². The number of rotatable bonds is 9. The summed E-state index contributed by atoms with van der Waals surface area (Å²) in [6, 6.07) is 0.851. The van der Waals surface area contributed by atoms with Crippen molar-refractivity contribution in [2.45, 2.75) is 74.3 Å². The summed E-state index contributed by atoms with van der Waals surface area (Å²) < 4.78 is 145. The Kier molecular flexibility index (Phi) is 9.05. The standard InChI is InChI=1S/C18H26F6N2O10S2Si/c1-15(2,3)39(4,5)36-11-8-13(26-7-6-12(27)25-14(26)28)35-16(11,9-33-37(29,30)17(19,20)21)10-34-38(31,32)18(22,23)24/h6-7,11,13H,8-10H2,1-5H3,(H,25,27,28)/t11-,13+/m0/s1. The maximum atomic E-state index is 13.0. The number of ether oxygens (including phenoxy) is 1. The van der Waals surface area contributed by atoms with Crippen molar-refractivity contribution >= 4 is 28.6 Å². The number of nitrogens with one attached hydrogen (secondary N) is 1. The van der Waals surface area contributed by atoms with Crippen LogP contribution in [-0.2, 0) is 37.8 Å². The molecule has 12 nitrogen and oxygen atoms in total. The van der Waals surface area contributed by atoms with Crippen LogP contribution in [0.15, 0.2) is 21.9 Å². The van der Waals surface area contributed by atoms with E-state index in [0.717, 1.165) is 12.3 Å². The van der Waals surface area contributed by atoms with Gasteiger partial charge in [-0.2, -0.15) is 43.2 Å². The van der Waals surface area contributed by atoms with Crippen LogP contribution in [0.2, 0.25) is 18.1 Å². The molecule has 1 N–H and O–H groups in total. The predicted molar refractivity (Wildman–Crippen MR) is 123 cm³/mol. The molecule has 1 aliphatic heterocycles. The molecule has 0 bridgehead atoms. The molecule has 39 heavy (non-hydrogen) atoms. The first kappa shape index (κ1) is 33.4. The predicted octanol–water partition coefficient (Wildman–Crippen LogP) is 2.32. The first-order valence-electron chi connectivity index (χ1n) is 10.8. The fourth-order valence-corrected chi connectivity index (χ4v) is 5.44. The molecule has 1 fully saturated rings. The van der Waals surface area contributed by atoms with Gasteiger partial charge in [-0.05, 0) is 18.1 Å². The number of nitrogens with zero attached hydrogens (tertiary/aromatic N) is 1. The Morgan fingerprint density at radius 2 is 1.46 bits per heavy atom. The van der Waals surface area contributed by atoms with Gasteiger partial charge < -0.3 is 9.16 Å². The number of hydrogen-bond acceptors (Lipinski definition) is 10. The third-order valence-electron chi connectivity index (χ3n) is 6.26. The second-order valence-corrected chi connectivity index (χ2v) is 18.1. The minimum absolute atomic E-state index is 0.524. The molecule has 1 saturated heterocycles. The molecule has 0 saturated carbocycles. The normalized spacial score (nSPS) is 21.3. The minimum atomic E-state index is -6.36. The molecule has 1 aromatic rings. The van der Waals surface area contributed by atoms with Gasteiger partial charge in [0.15, 0.2) is 8.32 Å². The molecule has 2 atom stereocenters. The summed E-state index contributed by atoms with van der Waals surface area (Å²) in [6.07, 6.45) is -2.89. The molecule has 0 spiro atoms. The maximum Gasteiger partial charge on any atom is 0.523 e. The molecule has 1 aliphatic rings. The van der Waals surface area contributed by atoms with Gasteiger partial charge in [-0.25, -0.2) is 4.79 Å². The van der Waals surface area contributed by atoms with Crippen LogP contribution in [-0.4, -0.2) is 70.6 Å². The molecule has 0 aromatic carbocycles. The topological polar surface area (TPSA) is 160 Å². The van der Waals surface area contributed by atoms with E-state index in [1.807, 2.05) is 4.98 Å². The van der Waals surface area contributed by atoms with Crippen LogP contribution in [0.4, 0.5) is 26.3 Å². The zero-order valence-corrected chi connectivity index (χ0v) is 23.7. The van der Waals surface area contributed by atoms with Crippen molar-refractivity contribution in [3.05, 3.63) is 33.1 Å². The fraction of sp³-hybridized carbons (Fsp3) is 0.778. The van der Waals surface area contributed by atoms with Crippen LogP contribution in [0.1, 0.15) is 33.4 Å². The molecule has 2 rings (SSSR count). The van der Waals surface area contributed by atoms with Crippen molar-refractivity contribution in [1.29, 1.82) is 0 Å². The Hall–Kier alpha value is -1.78. The summed E-state index contributed by atoms with van der Waals surface area (Å²) in [5.41, 5.74) is -16.6. The first-order valence-corrected chi connectivity index (χ1v) is 16.6. The van der Waals surface area contributed by atoms with Crippen molar-refractivity contribution in [1.82, 2.24) is 9.55 Å². The molecule has 0 radical (unpaired) electrons.